The zero-order chi connectivity index (χ0) is 10.3. The maximum atomic E-state index is 9.70. The Bertz CT molecular complexity index is 188. The number of ether oxygens (including phenoxy) is 2. The molecule has 2 heterocycles. The summed E-state index contributed by atoms with van der Waals surface area (Å²) in [6.07, 6.45) is 1.61. The predicted octanol–water partition coefficient (Wildman–Crippen LogP) is -0.146. The van der Waals surface area contributed by atoms with E-state index in [1.165, 1.54) is 0 Å². The molecule has 2 fully saturated rings. The summed E-state index contributed by atoms with van der Waals surface area (Å²) in [6.45, 7) is 0. The summed E-state index contributed by atoms with van der Waals surface area (Å²) in [6, 6.07) is 0.609. The molecule has 0 radical (unpaired) electrons. The SMILES string of the molecule is COC1C(OC)C2CC(O)CC1N2C. The van der Waals surface area contributed by atoms with Crippen LogP contribution in [0.3, 0.4) is 0 Å². The Morgan fingerprint density at radius 3 is 1.86 bits per heavy atom. The van der Waals surface area contributed by atoms with E-state index in [2.05, 4.69) is 11.9 Å². The summed E-state index contributed by atoms with van der Waals surface area (Å²) >= 11 is 0. The van der Waals surface area contributed by atoms with Crippen molar-refractivity contribution in [3.05, 3.63) is 0 Å². The van der Waals surface area contributed by atoms with Crippen molar-refractivity contribution in [2.75, 3.05) is 21.3 Å². The average molecular weight is 201 g/mol. The first kappa shape index (κ1) is 10.4. The molecule has 2 bridgehead atoms. The number of aliphatic hydroxyl groups is 1. The molecule has 0 amide bonds. The molecular weight excluding hydrogens is 182 g/mol. The van der Waals surface area contributed by atoms with Gasteiger partial charge in [-0.1, -0.05) is 0 Å². The lowest BCUT2D eigenvalue weighted by Gasteiger charge is -2.34. The number of piperidine rings is 1. The molecule has 0 aromatic carbocycles. The molecule has 4 nitrogen and oxygen atoms in total. The fourth-order valence-electron chi connectivity index (χ4n) is 2.98. The van der Waals surface area contributed by atoms with Crippen molar-refractivity contribution in [1.29, 1.82) is 0 Å². The highest BCUT2D eigenvalue weighted by atomic mass is 16.5. The average Bonchev–Trinajstić information content (AvgIpc) is 2.33. The number of methoxy groups -OCH3 is 2. The Balaban J connectivity index is 2.20. The van der Waals surface area contributed by atoms with Crippen molar-refractivity contribution in [3.63, 3.8) is 0 Å². The molecule has 14 heavy (non-hydrogen) atoms. The number of nitrogens with zero attached hydrogens (tertiary/aromatic N) is 1. The van der Waals surface area contributed by atoms with Crippen molar-refractivity contribution in [2.45, 2.75) is 43.2 Å². The second-order valence-electron chi connectivity index (χ2n) is 4.33. The van der Waals surface area contributed by atoms with Crippen LogP contribution in [0.1, 0.15) is 12.8 Å². The largest absolute Gasteiger partial charge is 0.393 e. The molecule has 2 rings (SSSR count). The number of rotatable bonds is 2. The van der Waals surface area contributed by atoms with Gasteiger partial charge in [0.1, 0.15) is 12.2 Å². The maximum Gasteiger partial charge on any atom is 0.100 e. The van der Waals surface area contributed by atoms with E-state index in [4.69, 9.17) is 9.47 Å². The summed E-state index contributed by atoms with van der Waals surface area (Å²) in [5, 5.41) is 9.70. The zero-order valence-electron chi connectivity index (χ0n) is 9.01. The van der Waals surface area contributed by atoms with Crippen LogP contribution in [0.4, 0.5) is 0 Å². The highest BCUT2D eigenvalue weighted by Gasteiger charge is 2.51. The monoisotopic (exact) mass is 201 g/mol. The molecule has 82 valence electrons. The Hall–Kier alpha value is -0.160. The van der Waals surface area contributed by atoms with Crippen LogP contribution in [0.5, 0.6) is 0 Å². The highest BCUT2D eigenvalue weighted by molar-refractivity contribution is 5.06. The van der Waals surface area contributed by atoms with Crippen molar-refractivity contribution in [2.24, 2.45) is 0 Å². The van der Waals surface area contributed by atoms with Crippen LogP contribution in [0.15, 0.2) is 0 Å². The summed E-state index contributed by atoms with van der Waals surface area (Å²) in [5.74, 6) is 0. The Morgan fingerprint density at radius 2 is 1.50 bits per heavy atom. The van der Waals surface area contributed by atoms with Gasteiger partial charge in [0.2, 0.25) is 0 Å². The Labute approximate surface area is 84.8 Å². The second-order valence-corrected chi connectivity index (χ2v) is 4.33. The van der Waals surface area contributed by atoms with E-state index in [1.54, 1.807) is 14.2 Å². The number of hydrogen-bond acceptors (Lipinski definition) is 4. The van der Waals surface area contributed by atoms with Gasteiger partial charge in [-0.15, -0.1) is 0 Å². The molecule has 1 N–H and O–H groups in total. The van der Waals surface area contributed by atoms with Crippen molar-refractivity contribution >= 4 is 0 Å². The summed E-state index contributed by atoms with van der Waals surface area (Å²) in [4.78, 5) is 2.29. The third kappa shape index (κ3) is 1.37. The third-order valence-electron chi connectivity index (χ3n) is 3.70. The van der Waals surface area contributed by atoms with Gasteiger partial charge in [-0.3, -0.25) is 4.90 Å². The fourth-order valence-corrected chi connectivity index (χ4v) is 2.98. The summed E-state index contributed by atoms with van der Waals surface area (Å²) in [5.41, 5.74) is 0. The Morgan fingerprint density at radius 1 is 1.07 bits per heavy atom. The normalized spacial score (nSPS) is 48.4. The molecule has 0 aromatic rings. The lowest BCUT2D eigenvalue weighted by atomic mass is 10.0. The minimum Gasteiger partial charge on any atom is -0.393 e. The number of hydrogen-bond donors (Lipinski definition) is 1. The van der Waals surface area contributed by atoms with E-state index in [1.807, 2.05) is 0 Å². The van der Waals surface area contributed by atoms with Crippen LogP contribution in [0.25, 0.3) is 0 Å². The van der Waals surface area contributed by atoms with E-state index in [0.29, 0.717) is 12.1 Å². The van der Waals surface area contributed by atoms with Gasteiger partial charge in [-0.2, -0.15) is 0 Å². The van der Waals surface area contributed by atoms with Gasteiger partial charge in [0.25, 0.3) is 0 Å². The maximum absolute atomic E-state index is 9.70. The van der Waals surface area contributed by atoms with Crippen LogP contribution in [-0.4, -0.2) is 61.7 Å². The van der Waals surface area contributed by atoms with Gasteiger partial charge in [-0.25, -0.2) is 0 Å². The third-order valence-corrected chi connectivity index (χ3v) is 3.70. The lowest BCUT2D eigenvalue weighted by molar-refractivity contribution is -0.0244. The van der Waals surface area contributed by atoms with Crippen LogP contribution in [-0.2, 0) is 9.47 Å². The van der Waals surface area contributed by atoms with Crippen molar-refractivity contribution in [3.8, 4) is 0 Å². The van der Waals surface area contributed by atoms with Gasteiger partial charge >= 0.3 is 0 Å². The Kier molecular flexibility index (Phi) is 2.79. The number of fused-ring (bicyclic) bond motifs is 2. The first-order valence-electron chi connectivity index (χ1n) is 5.14. The molecule has 0 saturated carbocycles. The first-order chi connectivity index (χ1) is 6.69. The molecule has 2 aliphatic rings. The van der Waals surface area contributed by atoms with E-state index in [9.17, 15) is 5.11 Å². The lowest BCUT2D eigenvalue weighted by Crippen LogP contribution is -2.44. The minimum absolute atomic E-state index is 0.104. The van der Waals surface area contributed by atoms with Gasteiger partial charge in [0.05, 0.1) is 6.10 Å². The smallest absolute Gasteiger partial charge is 0.100 e. The predicted molar refractivity (Wildman–Crippen MR) is 52.2 cm³/mol. The fraction of sp³-hybridized carbons (Fsp3) is 1.00. The van der Waals surface area contributed by atoms with Gasteiger partial charge in [0.15, 0.2) is 0 Å². The topological polar surface area (TPSA) is 41.9 Å². The van der Waals surface area contributed by atoms with Crippen molar-refractivity contribution < 1.29 is 14.6 Å². The molecule has 4 heteroatoms. The molecule has 0 spiro atoms. The van der Waals surface area contributed by atoms with Crippen molar-refractivity contribution in [1.82, 2.24) is 4.90 Å². The van der Waals surface area contributed by atoms with Crippen LogP contribution >= 0.6 is 0 Å². The molecule has 2 aliphatic heterocycles. The van der Waals surface area contributed by atoms with Gasteiger partial charge in [0, 0.05) is 26.3 Å². The zero-order valence-corrected chi connectivity index (χ0v) is 9.01. The van der Waals surface area contributed by atoms with Crippen LogP contribution in [0, 0.1) is 0 Å². The molecular formula is C10H19NO3. The van der Waals surface area contributed by atoms with E-state index in [-0.39, 0.29) is 18.3 Å². The molecule has 0 aliphatic carbocycles. The van der Waals surface area contributed by atoms with Gasteiger partial charge in [-0.05, 0) is 19.9 Å². The molecule has 4 unspecified atom stereocenters. The molecule has 0 aromatic heterocycles. The first-order valence-corrected chi connectivity index (χ1v) is 5.14. The summed E-state index contributed by atoms with van der Waals surface area (Å²) in [7, 11) is 5.53. The summed E-state index contributed by atoms with van der Waals surface area (Å²) < 4.78 is 10.9. The number of likely N-dealkylation sites (N-methyl/N-ethyl adjacent to an activating group) is 1. The van der Waals surface area contributed by atoms with Gasteiger partial charge < -0.3 is 14.6 Å². The van der Waals surface area contributed by atoms with E-state index in [0.717, 1.165) is 12.8 Å². The molecule has 4 atom stereocenters. The minimum atomic E-state index is -0.195. The van der Waals surface area contributed by atoms with Crippen LogP contribution < -0.4 is 0 Å². The molecule has 2 saturated heterocycles. The second kappa shape index (κ2) is 3.77. The van der Waals surface area contributed by atoms with E-state index < -0.39 is 0 Å². The van der Waals surface area contributed by atoms with E-state index >= 15 is 0 Å². The quantitative estimate of drug-likeness (QED) is 0.675. The highest BCUT2D eigenvalue weighted by Crippen LogP contribution is 2.37. The number of aliphatic hydroxyl groups excluding tert-OH is 1. The van der Waals surface area contributed by atoms with Crippen LogP contribution in [0.2, 0.25) is 0 Å². The standard InChI is InChI=1S/C10H19NO3/c1-11-7-4-6(12)5-8(11)10(14-3)9(7)13-2/h6-10,12H,4-5H2,1-3H3.